The fourth-order valence-electron chi connectivity index (χ4n) is 2.05. The van der Waals surface area contributed by atoms with Gasteiger partial charge in [0, 0.05) is 16.2 Å². The van der Waals surface area contributed by atoms with Gasteiger partial charge in [-0.15, -0.1) is 0 Å². The highest BCUT2D eigenvalue weighted by atomic mass is 79.9. The first-order chi connectivity index (χ1) is 9.58. The zero-order valence-corrected chi connectivity index (χ0v) is 11.6. The van der Waals surface area contributed by atoms with E-state index in [0.717, 1.165) is 0 Å². The number of rotatable bonds is 2. The quantitative estimate of drug-likeness (QED) is 0.666. The Labute approximate surface area is 121 Å². The topological polar surface area (TPSA) is 34.4 Å². The van der Waals surface area contributed by atoms with Gasteiger partial charge in [0.25, 0.3) is 0 Å². The van der Waals surface area contributed by atoms with Crippen LogP contribution in [0.3, 0.4) is 0 Å². The monoisotopic (exact) mass is 336 g/mol. The van der Waals surface area contributed by atoms with Gasteiger partial charge < -0.3 is 0 Å². The molecule has 0 aliphatic rings. The minimum absolute atomic E-state index is 0.178. The molecular weight excluding hydrogens is 330 g/mol. The van der Waals surface area contributed by atoms with E-state index in [2.05, 4.69) is 20.9 Å². The fraction of sp³-hybridized carbons (Fsp3) is 0. The number of benzene rings is 1. The first kappa shape index (κ1) is 12.9. The number of nitrogens with zero attached hydrogens (tertiary/aromatic N) is 2. The summed E-state index contributed by atoms with van der Waals surface area (Å²) >= 11 is 3.19. The summed E-state index contributed by atoms with van der Waals surface area (Å²) in [5.41, 5.74) is 1.36. The van der Waals surface area contributed by atoms with Crippen LogP contribution in [-0.4, -0.2) is 15.7 Å². The van der Waals surface area contributed by atoms with Gasteiger partial charge in [-0.3, -0.25) is 9.20 Å². The second kappa shape index (κ2) is 4.79. The molecular formula is C14H7BrF2N2O. The van der Waals surface area contributed by atoms with Gasteiger partial charge in [0.2, 0.25) is 0 Å². The smallest absolute Gasteiger partial charge is 0.169 e. The lowest BCUT2D eigenvalue weighted by Gasteiger charge is -2.00. The highest BCUT2D eigenvalue weighted by Gasteiger charge is 2.15. The lowest BCUT2D eigenvalue weighted by atomic mass is 10.1. The summed E-state index contributed by atoms with van der Waals surface area (Å²) in [6.45, 7) is 0. The van der Waals surface area contributed by atoms with Crippen molar-refractivity contribution in [3.8, 4) is 11.3 Å². The molecule has 0 bridgehead atoms. The molecule has 0 saturated heterocycles. The third-order valence-corrected chi connectivity index (χ3v) is 3.32. The first-order valence-electron chi connectivity index (χ1n) is 5.68. The Morgan fingerprint density at radius 3 is 2.65 bits per heavy atom. The summed E-state index contributed by atoms with van der Waals surface area (Å²) in [5, 5.41) is 0. The maximum atomic E-state index is 13.5. The van der Waals surface area contributed by atoms with E-state index in [1.54, 1.807) is 6.07 Å². The van der Waals surface area contributed by atoms with Crippen molar-refractivity contribution in [1.82, 2.24) is 9.38 Å². The molecule has 3 nitrogen and oxygen atoms in total. The number of aromatic nitrogens is 2. The number of aldehydes is 1. The summed E-state index contributed by atoms with van der Waals surface area (Å²) in [5.74, 6) is -0.931. The second-order valence-electron chi connectivity index (χ2n) is 4.20. The van der Waals surface area contributed by atoms with Crippen molar-refractivity contribution in [2.45, 2.75) is 0 Å². The molecule has 100 valence electrons. The Bertz CT molecular complexity index is 809. The van der Waals surface area contributed by atoms with Crippen molar-refractivity contribution < 1.29 is 13.6 Å². The zero-order valence-electron chi connectivity index (χ0n) is 9.98. The Morgan fingerprint density at radius 2 is 1.95 bits per heavy atom. The Morgan fingerprint density at radius 1 is 1.15 bits per heavy atom. The molecule has 0 radical (unpaired) electrons. The molecule has 1 aromatic carbocycles. The molecule has 0 unspecified atom stereocenters. The van der Waals surface area contributed by atoms with Gasteiger partial charge in [-0.05, 0) is 30.3 Å². The zero-order chi connectivity index (χ0) is 14.3. The third kappa shape index (κ3) is 2.12. The summed E-state index contributed by atoms with van der Waals surface area (Å²) in [4.78, 5) is 15.5. The summed E-state index contributed by atoms with van der Waals surface area (Å²) in [6.07, 6.45) is 1.75. The highest BCUT2D eigenvalue weighted by molar-refractivity contribution is 9.10. The van der Waals surface area contributed by atoms with E-state index in [1.807, 2.05) is 0 Å². The molecule has 0 saturated carbocycles. The molecule has 0 amide bonds. The third-order valence-electron chi connectivity index (χ3n) is 2.87. The van der Waals surface area contributed by atoms with Gasteiger partial charge in [-0.25, -0.2) is 13.8 Å². The lowest BCUT2D eigenvalue weighted by molar-refractivity contribution is 0.111. The predicted molar refractivity (Wildman–Crippen MR) is 73.6 cm³/mol. The summed E-state index contributed by atoms with van der Waals surface area (Å²) in [7, 11) is 0. The van der Waals surface area contributed by atoms with Crippen LogP contribution in [-0.2, 0) is 0 Å². The van der Waals surface area contributed by atoms with E-state index in [-0.39, 0.29) is 5.69 Å². The van der Waals surface area contributed by atoms with Crippen molar-refractivity contribution >= 4 is 27.9 Å². The van der Waals surface area contributed by atoms with Crippen molar-refractivity contribution in [3.05, 3.63) is 58.3 Å². The Balaban J connectivity index is 2.32. The molecule has 0 atom stereocenters. The van der Waals surface area contributed by atoms with E-state index >= 15 is 0 Å². The fourth-order valence-corrected chi connectivity index (χ4v) is 2.52. The number of carbonyl (C=O) groups is 1. The second-order valence-corrected chi connectivity index (χ2v) is 5.11. The standard InChI is InChI=1S/C14H7BrF2N2O/c15-9-3-8(4-11(17)5-9)14-12(7-20)19-6-10(16)1-2-13(19)18-14/h1-7H. The molecule has 2 heterocycles. The number of fused-ring (bicyclic) bond motifs is 1. The van der Waals surface area contributed by atoms with Crippen LogP contribution in [0.4, 0.5) is 8.78 Å². The molecule has 0 aliphatic carbocycles. The van der Waals surface area contributed by atoms with Gasteiger partial charge in [0.15, 0.2) is 6.29 Å². The molecule has 0 spiro atoms. The van der Waals surface area contributed by atoms with Gasteiger partial charge in [-0.2, -0.15) is 0 Å². The number of pyridine rings is 1. The van der Waals surface area contributed by atoms with E-state index in [0.29, 0.717) is 27.7 Å². The average molecular weight is 337 g/mol. The number of halogens is 3. The minimum Gasteiger partial charge on any atom is -0.296 e. The van der Waals surface area contributed by atoms with Crippen LogP contribution in [0.1, 0.15) is 10.5 Å². The van der Waals surface area contributed by atoms with Crippen LogP contribution in [0.2, 0.25) is 0 Å². The van der Waals surface area contributed by atoms with E-state index in [1.165, 1.54) is 34.9 Å². The van der Waals surface area contributed by atoms with Gasteiger partial charge in [-0.1, -0.05) is 15.9 Å². The van der Waals surface area contributed by atoms with Crippen molar-refractivity contribution in [2.75, 3.05) is 0 Å². The van der Waals surface area contributed by atoms with Crippen LogP contribution < -0.4 is 0 Å². The van der Waals surface area contributed by atoms with Crippen molar-refractivity contribution in [2.24, 2.45) is 0 Å². The van der Waals surface area contributed by atoms with E-state index in [9.17, 15) is 13.6 Å². The Hall–Kier alpha value is -2.08. The first-order valence-corrected chi connectivity index (χ1v) is 6.47. The number of carbonyl (C=O) groups excluding carboxylic acids is 1. The van der Waals surface area contributed by atoms with Gasteiger partial charge in [0.05, 0.1) is 0 Å². The highest BCUT2D eigenvalue weighted by Crippen LogP contribution is 2.27. The molecule has 2 aromatic heterocycles. The van der Waals surface area contributed by atoms with E-state index in [4.69, 9.17) is 0 Å². The lowest BCUT2D eigenvalue weighted by Crippen LogP contribution is -1.93. The largest absolute Gasteiger partial charge is 0.296 e. The molecule has 3 aromatic rings. The number of hydrogen-bond donors (Lipinski definition) is 0. The van der Waals surface area contributed by atoms with E-state index < -0.39 is 11.6 Å². The predicted octanol–water partition coefficient (Wildman–Crippen LogP) is 3.85. The molecule has 0 aliphatic heterocycles. The summed E-state index contributed by atoms with van der Waals surface area (Å²) in [6, 6.07) is 6.94. The van der Waals surface area contributed by atoms with Crippen molar-refractivity contribution in [3.63, 3.8) is 0 Å². The number of hydrogen-bond acceptors (Lipinski definition) is 2. The average Bonchev–Trinajstić information content (AvgIpc) is 2.75. The van der Waals surface area contributed by atoms with Gasteiger partial charge in [0.1, 0.15) is 28.7 Å². The maximum Gasteiger partial charge on any atom is 0.169 e. The van der Waals surface area contributed by atoms with Crippen LogP contribution in [0.25, 0.3) is 16.9 Å². The van der Waals surface area contributed by atoms with Gasteiger partial charge >= 0.3 is 0 Å². The SMILES string of the molecule is O=Cc1c(-c2cc(F)cc(Br)c2)nc2ccc(F)cn12. The maximum absolute atomic E-state index is 13.5. The molecule has 6 heteroatoms. The molecule has 3 rings (SSSR count). The number of imidazole rings is 1. The minimum atomic E-state index is -0.482. The molecule has 0 fully saturated rings. The molecule has 20 heavy (non-hydrogen) atoms. The van der Waals surface area contributed by atoms with Crippen molar-refractivity contribution in [1.29, 1.82) is 0 Å². The normalized spacial score (nSPS) is 10.9. The molecule has 0 N–H and O–H groups in total. The van der Waals surface area contributed by atoms with Crippen LogP contribution in [0.15, 0.2) is 41.0 Å². The van der Waals surface area contributed by atoms with Crippen LogP contribution >= 0.6 is 15.9 Å². The van der Waals surface area contributed by atoms with Crippen LogP contribution in [0, 0.1) is 11.6 Å². The Kier molecular flexibility index (Phi) is 3.10. The van der Waals surface area contributed by atoms with Crippen LogP contribution in [0.5, 0.6) is 0 Å². The summed E-state index contributed by atoms with van der Waals surface area (Å²) < 4.78 is 28.6.